The molecule has 0 saturated carbocycles. The van der Waals surface area contributed by atoms with Crippen molar-refractivity contribution in [3.8, 4) is 0 Å². The molecule has 1 heterocycles. The van der Waals surface area contributed by atoms with Gasteiger partial charge in [0, 0.05) is 12.2 Å². The minimum atomic E-state index is -0.254. The average molecular weight is 337 g/mol. The standard InChI is InChI=1S/C19H19N3OS/c1-13-16(18(23)20-12-14-8-4-2-5-9-14)17(22-19(24)21-13)15-10-6-3-7-11-15/h2-11,17H,12H2,1H3,(H,20,23)(H2,21,22,24). The minimum Gasteiger partial charge on any atom is -0.351 e. The molecule has 1 aliphatic rings. The first-order valence-corrected chi connectivity index (χ1v) is 8.21. The Bertz CT molecular complexity index is 772. The number of nitrogens with one attached hydrogen (secondary N) is 3. The number of amides is 1. The monoisotopic (exact) mass is 337 g/mol. The molecule has 0 radical (unpaired) electrons. The molecule has 0 spiro atoms. The number of thiocarbonyl (C=S) groups is 1. The van der Waals surface area contributed by atoms with E-state index in [4.69, 9.17) is 12.2 Å². The van der Waals surface area contributed by atoms with Crippen molar-refractivity contribution in [2.24, 2.45) is 0 Å². The number of carbonyl (C=O) groups excluding carboxylic acids is 1. The van der Waals surface area contributed by atoms with E-state index in [0.29, 0.717) is 17.2 Å². The number of hydrogen-bond donors (Lipinski definition) is 3. The largest absolute Gasteiger partial charge is 0.351 e. The van der Waals surface area contributed by atoms with E-state index in [2.05, 4.69) is 16.0 Å². The van der Waals surface area contributed by atoms with Crippen LogP contribution in [0.1, 0.15) is 24.1 Å². The molecule has 1 atom stereocenters. The molecule has 3 rings (SSSR count). The molecule has 2 aromatic rings. The number of allylic oxidation sites excluding steroid dienone is 1. The zero-order chi connectivity index (χ0) is 16.9. The Hall–Kier alpha value is -2.66. The third-order valence-corrected chi connectivity index (χ3v) is 4.16. The van der Waals surface area contributed by atoms with Crippen LogP contribution in [-0.2, 0) is 11.3 Å². The summed E-state index contributed by atoms with van der Waals surface area (Å²) in [5.41, 5.74) is 3.50. The van der Waals surface area contributed by atoms with E-state index in [1.807, 2.05) is 67.6 Å². The van der Waals surface area contributed by atoms with E-state index in [1.54, 1.807) is 0 Å². The lowest BCUT2D eigenvalue weighted by molar-refractivity contribution is -0.118. The Morgan fingerprint density at radius 1 is 1.08 bits per heavy atom. The number of hydrogen-bond acceptors (Lipinski definition) is 2. The van der Waals surface area contributed by atoms with Crippen molar-refractivity contribution >= 4 is 23.2 Å². The van der Waals surface area contributed by atoms with Crippen LogP contribution >= 0.6 is 12.2 Å². The van der Waals surface area contributed by atoms with Gasteiger partial charge in [-0.1, -0.05) is 60.7 Å². The maximum Gasteiger partial charge on any atom is 0.251 e. The summed E-state index contributed by atoms with van der Waals surface area (Å²) in [5, 5.41) is 9.76. The second-order valence-corrected chi connectivity index (χ2v) is 6.06. The fraction of sp³-hybridized carbons (Fsp3) is 0.158. The fourth-order valence-electron chi connectivity index (χ4n) is 2.76. The molecular formula is C19H19N3OS. The zero-order valence-corrected chi connectivity index (χ0v) is 14.2. The van der Waals surface area contributed by atoms with Crippen LogP contribution in [0.4, 0.5) is 0 Å². The topological polar surface area (TPSA) is 53.2 Å². The molecule has 0 saturated heterocycles. The van der Waals surface area contributed by atoms with Crippen LogP contribution in [-0.4, -0.2) is 11.0 Å². The normalized spacial score (nSPS) is 17.0. The number of carbonyl (C=O) groups is 1. The molecule has 122 valence electrons. The van der Waals surface area contributed by atoms with Crippen molar-refractivity contribution in [3.05, 3.63) is 83.1 Å². The van der Waals surface area contributed by atoms with E-state index in [1.165, 1.54) is 0 Å². The van der Waals surface area contributed by atoms with Crippen molar-refractivity contribution in [2.45, 2.75) is 19.5 Å². The van der Waals surface area contributed by atoms with Gasteiger partial charge in [-0.2, -0.15) is 0 Å². The van der Waals surface area contributed by atoms with Crippen LogP contribution in [0, 0.1) is 0 Å². The summed E-state index contributed by atoms with van der Waals surface area (Å²) in [4.78, 5) is 12.8. The Morgan fingerprint density at radius 3 is 2.38 bits per heavy atom. The Balaban J connectivity index is 1.83. The summed E-state index contributed by atoms with van der Waals surface area (Å²) in [7, 11) is 0. The SMILES string of the molecule is CC1=C(C(=O)NCc2ccccc2)C(c2ccccc2)NC(=S)N1. The van der Waals surface area contributed by atoms with E-state index in [9.17, 15) is 4.79 Å². The quantitative estimate of drug-likeness (QED) is 0.751. The predicted molar refractivity (Wildman–Crippen MR) is 99.0 cm³/mol. The molecule has 0 aromatic heterocycles. The van der Waals surface area contributed by atoms with Gasteiger partial charge >= 0.3 is 0 Å². The molecule has 2 aromatic carbocycles. The summed E-state index contributed by atoms with van der Waals surface area (Å²) in [5.74, 6) is -0.104. The van der Waals surface area contributed by atoms with Gasteiger partial charge in [-0.15, -0.1) is 0 Å². The van der Waals surface area contributed by atoms with E-state index in [0.717, 1.165) is 16.8 Å². The highest BCUT2D eigenvalue weighted by atomic mass is 32.1. The minimum absolute atomic E-state index is 0.104. The third kappa shape index (κ3) is 3.63. The summed E-state index contributed by atoms with van der Waals surface area (Å²) in [6, 6.07) is 19.4. The van der Waals surface area contributed by atoms with Gasteiger partial charge in [0.05, 0.1) is 11.6 Å². The lowest BCUT2D eigenvalue weighted by Gasteiger charge is -2.30. The molecular weight excluding hydrogens is 318 g/mol. The van der Waals surface area contributed by atoms with Gasteiger partial charge in [-0.3, -0.25) is 4.79 Å². The average Bonchev–Trinajstić information content (AvgIpc) is 2.60. The van der Waals surface area contributed by atoms with Crippen LogP contribution in [0.25, 0.3) is 0 Å². The lowest BCUT2D eigenvalue weighted by atomic mass is 9.95. The van der Waals surface area contributed by atoms with Crippen LogP contribution in [0.2, 0.25) is 0 Å². The van der Waals surface area contributed by atoms with Crippen LogP contribution in [0.15, 0.2) is 71.9 Å². The van der Waals surface area contributed by atoms with Crippen molar-refractivity contribution in [3.63, 3.8) is 0 Å². The zero-order valence-electron chi connectivity index (χ0n) is 13.4. The van der Waals surface area contributed by atoms with Crippen molar-refractivity contribution in [1.82, 2.24) is 16.0 Å². The Kier molecular flexibility index (Phi) is 4.91. The second-order valence-electron chi connectivity index (χ2n) is 5.65. The first kappa shape index (κ1) is 16.2. The maximum absolute atomic E-state index is 12.8. The van der Waals surface area contributed by atoms with Gasteiger partial charge in [0.2, 0.25) is 0 Å². The van der Waals surface area contributed by atoms with Crippen molar-refractivity contribution < 1.29 is 4.79 Å². The van der Waals surface area contributed by atoms with Crippen molar-refractivity contribution in [2.75, 3.05) is 0 Å². The summed E-state index contributed by atoms with van der Waals surface area (Å²) in [6.45, 7) is 2.36. The van der Waals surface area contributed by atoms with Gasteiger partial charge in [0.25, 0.3) is 5.91 Å². The molecule has 24 heavy (non-hydrogen) atoms. The molecule has 0 bridgehead atoms. The molecule has 0 aliphatic carbocycles. The fourth-order valence-corrected chi connectivity index (χ4v) is 3.03. The smallest absolute Gasteiger partial charge is 0.251 e. The number of benzene rings is 2. The summed E-state index contributed by atoms with van der Waals surface area (Å²) in [6.07, 6.45) is 0. The van der Waals surface area contributed by atoms with Crippen molar-refractivity contribution in [1.29, 1.82) is 0 Å². The number of rotatable bonds is 4. The molecule has 4 nitrogen and oxygen atoms in total. The van der Waals surface area contributed by atoms with E-state index < -0.39 is 0 Å². The van der Waals surface area contributed by atoms with Gasteiger partial charge in [-0.25, -0.2) is 0 Å². The maximum atomic E-state index is 12.8. The Labute approximate surface area is 147 Å². The van der Waals surface area contributed by atoms with Gasteiger partial charge in [-0.05, 0) is 30.3 Å². The molecule has 1 unspecified atom stereocenters. The second kappa shape index (κ2) is 7.27. The molecule has 3 N–H and O–H groups in total. The molecule has 5 heteroatoms. The van der Waals surface area contributed by atoms with Crippen LogP contribution in [0.3, 0.4) is 0 Å². The molecule has 1 amide bonds. The Morgan fingerprint density at radius 2 is 1.71 bits per heavy atom. The third-order valence-electron chi connectivity index (χ3n) is 3.94. The molecule has 1 aliphatic heterocycles. The highest BCUT2D eigenvalue weighted by molar-refractivity contribution is 7.80. The lowest BCUT2D eigenvalue weighted by Crippen LogP contribution is -2.46. The van der Waals surface area contributed by atoms with Crippen LogP contribution < -0.4 is 16.0 Å². The van der Waals surface area contributed by atoms with Gasteiger partial charge in [0.15, 0.2) is 5.11 Å². The molecule has 0 fully saturated rings. The van der Waals surface area contributed by atoms with Crippen LogP contribution in [0.5, 0.6) is 0 Å². The first-order chi connectivity index (χ1) is 11.6. The highest BCUT2D eigenvalue weighted by Crippen LogP contribution is 2.26. The summed E-state index contributed by atoms with van der Waals surface area (Å²) < 4.78 is 0. The first-order valence-electron chi connectivity index (χ1n) is 7.80. The summed E-state index contributed by atoms with van der Waals surface area (Å²) >= 11 is 5.25. The van der Waals surface area contributed by atoms with Gasteiger partial charge < -0.3 is 16.0 Å². The van der Waals surface area contributed by atoms with Gasteiger partial charge in [0.1, 0.15) is 0 Å². The highest BCUT2D eigenvalue weighted by Gasteiger charge is 2.29. The van der Waals surface area contributed by atoms with E-state index >= 15 is 0 Å². The van der Waals surface area contributed by atoms with E-state index in [-0.39, 0.29) is 11.9 Å². The predicted octanol–water partition coefficient (Wildman–Crippen LogP) is 2.80.